The average Bonchev–Trinajstić information content (AvgIpc) is 2.37. The van der Waals surface area contributed by atoms with Crippen LogP contribution in [-0.2, 0) is 0 Å². The summed E-state index contributed by atoms with van der Waals surface area (Å²) in [7, 11) is 1.41. The summed E-state index contributed by atoms with van der Waals surface area (Å²) in [6, 6.07) is 0.922. The minimum absolute atomic E-state index is 0.304. The SMILES string of the molecule is CN(C(=O)c1cc([N+](=O)[O-])c[nH]c1=O)C(C)(C)CO. The topological polar surface area (TPSA) is 117 Å². The molecule has 104 valence electrons. The van der Waals surface area contributed by atoms with Crippen LogP contribution in [0.25, 0.3) is 0 Å². The van der Waals surface area contributed by atoms with Gasteiger partial charge in [-0.2, -0.15) is 0 Å². The number of aromatic amines is 1. The zero-order valence-electron chi connectivity index (χ0n) is 10.8. The molecule has 0 aliphatic carbocycles. The number of H-pyrrole nitrogens is 1. The number of rotatable bonds is 4. The van der Waals surface area contributed by atoms with Gasteiger partial charge in [0.25, 0.3) is 17.2 Å². The van der Waals surface area contributed by atoms with Gasteiger partial charge >= 0.3 is 0 Å². The van der Waals surface area contributed by atoms with Gasteiger partial charge in [0.2, 0.25) is 0 Å². The summed E-state index contributed by atoms with van der Waals surface area (Å²) >= 11 is 0. The number of nitrogens with one attached hydrogen (secondary N) is 1. The van der Waals surface area contributed by atoms with Crippen molar-refractivity contribution in [2.24, 2.45) is 0 Å². The average molecular weight is 269 g/mol. The third kappa shape index (κ3) is 2.97. The first-order chi connectivity index (χ1) is 8.70. The number of pyridine rings is 1. The highest BCUT2D eigenvalue weighted by Gasteiger charge is 2.29. The normalized spacial score (nSPS) is 11.2. The predicted molar refractivity (Wildman–Crippen MR) is 67.0 cm³/mol. The maximum Gasteiger partial charge on any atom is 0.286 e. The number of aromatic nitrogens is 1. The largest absolute Gasteiger partial charge is 0.394 e. The highest BCUT2D eigenvalue weighted by Crippen LogP contribution is 2.16. The molecule has 0 fully saturated rings. The Kier molecular flexibility index (Phi) is 4.05. The summed E-state index contributed by atoms with van der Waals surface area (Å²) in [6.07, 6.45) is 0.927. The van der Waals surface area contributed by atoms with Crippen molar-refractivity contribution in [3.8, 4) is 0 Å². The first-order valence-electron chi connectivity index (χ1n) is 5.47. The van der Waals surface area contributed by atoms with E-state index in [4.69, 9.17) is 0 Å². The number of likely N-dealkylation sites (N-methyl/N-ethyl adjacent to an activating group) is 1. The van der Waals surface area contributed by atoms with Crippen molar-refractivity contribution in [3.05, 3.63) is 38.3 Å². The number of carbonyl (C=O) groups excluding carboxylic acids is 1. The van der Waals surface area contributed by atoms with Crippen molar-refractivity contribution in [3.63, 3.8) is 0 Å². The van der Waals surface area contributed by atoms with E-state index in [9.17, 15) is 24.8 Å². The molecule has 0 aromatic carbocycles. The molecule has 8 nitrogen and oxygen atoms in total. The van der Waals surface area contributed by atoms with E-state index in [1.807, 2.05) is 0 Å². The first kappa shape index (κ1) is 14.8. The molecule has 0 bridgehead atoms. The lowest BCUT2D eigenvalue weighted by molar-refractivity contribution is -0.385. The number of hydrogen-bond donors (Lipinski definition) is 2. The standard InChI is InChI=1S/C11H15N3O5/c1-11(2,6-15)13(3)10(17)8-4-7(14(18)19)5-12-9(8)16/h4-5,15H,6H2,1-3H3,(H,12,16). The van der Waals surface area contributed by atoms with E-state index in [0.717, 1.165) is 12.3 Å². The Labute approximate surface area is 108 Å². The Balaban J connectivity index is 3.23. The molecule has 1 amide bonds. The number of amides is 1. The number of carbonyl (C=O) groups is 1. The number of hydrogen-bond acceptors (Lipinski definition) is 5. The van der Waals surface area contributed by atoms with Crippen LogP contribution in [0.1, 0.15) is 24.2 Å². The van der Waals surface area contributed by atoms with E-state index in [1.165, 1.54) is 11.9 Å². The van der Waals surface area contributed by atoms with Crippen molar-refractivity contribution in [1.82, 2.24) is 9.88 Å². The van der Waals surface area contributed by atoms with E-state index in [-0.39, 0.29) is 17.9 Å². The van der Waals surface area contributed by atoms with Gasteiger partial charge in [0, 0.05) is 13.1 Å². The van der Waals surface area contributed by atoms with Gasteiger partial charge in [-0.25, -0.2) is 0 Å². The number of aliphatic hydroxyl groups excluding tert-OH is 1. The van der Waals surface area contributed by atoms with Crippen LogP contribution in [0.5, 0.6) is 0 Å². The zero-order valence-corrected chi connectivity index (χ0v) is 10.8. The summed E-state index contributed by atoms with van der Waals surface area (Å²) in [5, 5.41) is 19.8. The molecular formula is C11H15N3O5. The van der Waals surface area contributed by atoms with E-state index in [2.05, 4.69) is 4.98 Å². The molecule has 0 unspecified atom stereocenters. The van der Waals surface area contributed by atoms with E-state index >= 15 is 0 Å². The second-order valence-electron chi connectivity index (χ2n) is 4.69. The Bertz CT molecular complexity index is 564. The molecule has 0 aliphatic heterocycles. The third-order valence-corrected chi connectivity index (χ3v) is 2.93. The molecule has 2 N–H and O–H groups in total. The van der Waals surface area contributed by atoms with Gasteiger partial charge in [0.1, 0.15) is 5.56 Å². The summed E-state index contributed by atoms with van der Waals surface area (Å²) < 4.78 is 0. The lowest BCUT2D eigenvalue weighted by Gasteiger charge is -2.33. The molecule has 1 heterocycles. The smallest absolute Gasteiger partial charge is 0.286 e. The molecule has 0 saturated carbocycles. The van der Waals surface area contributed by atoms with Crippen LogP contribution >= 0.6 is 0 Å². The van der Waals surface area contributed by atoms with Gasteiger partial charge in [-0.1, -0.05) is 0 Å². The number of nitrogens with zero attached hydrogens (tertiary/aromatic N) is 2. The lowest BCUT2D eigenvalue weighted by Crippen LogP contribution is -2.48. The van der Waals surface area contributed by atoms with Crippen LogP contribution in [0, 0.1) is 10.1 Å². The van der Waals surface area contributed by atoms with E-state index in [1.54, 1.807) is 13.8 Å². The van der Waals surface area contributed by atoms with Gasteiger partial charge in [0.15, 0.2) is 0 Å². The minimum Gasteiger partial charge on any atom is -0.394 e. The highest BCUT2D eigenvalue weighted by atomic mass is 16.6. The van der Waals surface area contributed by atoms with Crippen molar-refractivity contribution in [1.29, 1.82) is 0 Å². The van der Waals surface area contributed by atoms with Gasteiger partial charge in [-0.05, 0) is 13.8 Å². The molecule has 0 atom stereocenters. The summed E-state index contributed by atoms with van der Waals surface area (Å²) in [4.78, 5) is 36.9. The molecule has 0 radical (unpaired) electrons. The van der Waals surface area contributed by atoms with Crippen LogP contribution in [0.3, 0.4) is 0 Å². The van der Waals surface area contributed by atoms with Crippen molar-refractivity contribution >= 4 is 11.6 Å². The predicted octanol–water partition coefficient (Wildman–Crippen LogP) is 0.126. The summed E-state index contributed by atoms with van der Waals surface area (Å²) in [5.41, 5.74) is -2.30. The highest BCUT2D eigenvalue weighted by molar-refractivity contribution is 5.94. The van der Waals surface area contributed by atoms with E-state index in [0.29, 0.717) is 0 Å². The molecule has 1 aromatic rings. The lowest BCUT2D eigenvalue weighted by atomic mass is 10.0. The molecule has 1 rings (SSSR count). The van der Waals surface area contributed by atoms with Crippen LogP contribution in [0.15, 0.2) is 17.1 Å². The van der Waals surface area contributed by atoms with Gasteiger partial charge in [-0.3, -0.25) is 19.7 Å². The fourth-order valence-electron chi connectivity index (χ4n) is 1.30. The summed E-state index contributed by atoms with van der Waals surface area (Å²) in [6.45, 7) is 2.91. The van der Waals surface area contributed by atoms with Crippen LogP contribution in [-0.4, -0.2) is 45.0 Å². The van der Waals surface area contributed by atoms with Gasteiger partial charge < -0.3 is 15.0 Å². The Morgan fingerprint density at radius 2 is 2.16 bits per heavy atom. The maximum atomic E-state index is 12.1. The Hall–Kier alpha value is -2.22. The van der Waals surface area contributed by atoms with E-state index < -0.39 is 21.9 Å². The molecule has 1 aromatic heterocycles. The number of nitro groups is 1. The molecule has 8 heteroatoms. The van der Waals surface area contributed by atoms with Gasteiger partial charge in [0.05, 0.1) is 23.3 Å². The maximum absolute atomic E-state index is 12.1. The van der Waals surface area contributed by atoms with Crippen molar-refractivity contribution in [2.45, 2.75) is 19.4 Å². The minimum atomic E-state index is -0.881. The van der Waals surface area contributed by atoms with Crippen molar-refractivity contribution < 1.29 is 14.8 Å². The second kappa shape index (κ2) is 5.19. The van der Waals surface area contributed by atoms with Crippen LogP contribution in [0.4, 0.5) is 5.69 Å². The fraction of sp³-hybridized carbons (Fsp3) is 0.455. The molecule has 0 spiro atoms. The molecule has 0 saturated heterocycles. The Morgan fingerprint density at radius 3 is 2.63 bits per heavy atom. The second-order valence-corrected chi connectivity index (χ2v) is 4.69. The molecule has 0 aliphatic rings. The van der Waals surface area contributed by atoms with Crippen LogP contribution < -0.4 is 5.56 Å². The monoisotopic (exact) mass is 269 g/mol. The summed E-state index contributed by atoms with van der Waals surface area (Å²) in [5.74, 6) is -0.691. The zero-order chi connectivity index (χ0) is 14.8. The van der Waals surface area contributed by atoms with Gasteiger partial charge in [-0.15, -0.1) is 0 Å². The molecule has 19 heavy (non-hydrogen) atoms. The Morgan fingerprint density at radius 1 is 1.58 bits per heavy atom. The third-order valence-electron chi connectivity index (χ3n) is 2.93. The van der Waals surface area contributed by atoms with Crippen molar-refractivity contribution in [2.75, 3.05) is 13.7 Å². The first-order valence-corrected chi connectivity index (χ1v) is 5.47. The van der Waals surface area contributed by atoms with Crippen LogP contribution in [0.2, 0.25) is 0 Å². The molecular weight excluding hydrogens is 254 g/mol. The quantitative estimate of drug-likeness (QED) is 0.595. The fourth-order valence-corrected chi connectivity index (χ4v) is 1.30. The number of aliphatic hydroxyl groups is 1.